The van der Waals surface area contributed by atoms with E-state index in [1.165, 1.54) is 0 Å². The maximum absolute atomic E-state index is 12.5. The van der Waals surface area contributed by atoms with Gasteiger partial charge in [0.2, 0.25) is 17.7 Å². The minimum Gasteiger partial charge on any atom is -0.444 e. The summed E-state index contributed by atoms with van der Waals surface area (Å²) in [6.07, 6.45) is 2.03. The van der Waals surface area contributed by atoms with Gasteiger partial charge in [-0.1, -0.05) is 0 Å². The molecule has 1 saturated heterocycles. The standard InChI is InChI=1S/C18H24N4O3/c1-11-13(3)25-17(15(11)10-19)20-16(23)12(2)21-6-8-22(9-7-21)18(24)14-4-5-14/h12,14H,4-9H2,1-3H3,(H,20,23)/t12-/m1/s1. The van der Waals surface area contributed by atoms with Crippen molar-refractivity contribution in [1.82, 2.24) is 9.80 Å². The number of nitriles is 1. The minimum absolute atomic E-state index is 0.202. The van der Waals surface area contributed by atoms with Gasteiger partial charge in [-0.3, -0.25) is 19.8 Å². The van der Waals surface area contributed by atoms with Gasteiger partial charge in [0, 0.05) is 37.7 Å². The van der Waals surface area contributed by atoms with Gasteiger partial charge in [-0.15, -0.1) is 0 Å². The molecule has 3 rings (SSSR count). The Morgan fingerprint density at radius 1 is 1.24 bits per heavy atom. The van der Waals surface area contributed by atoms with Crippen molar-refractivity contribution < 1.29 is 14.0 Å². The summed E-state index contributed by atoms with van der Waals surface area (Å²) < 4.78 is 5.50. The van der Waals surface area contributed by atoms with Crippen molar-refractivity contribution in [1.29, 1.82) is 5.26 Å². The van der Waals surface area contributed by atoms with Gasteiger partial charge < -0.3 is 9.32 Å². The van der Waals surface area contributed by atoms with Gasteiger partial charge in [0.15, 0.2) is 0 Å². The fourth-order valence-electron chi connectivity index (χ4n) is 3.15. The van der Waals surface area contributed by atoms with Gasteiger partial charge in [0.1, 0.15) is 17.4 Å². The maximum atomic E-state index is 12.5. The van der Waals surface area contributed by atoms with Crippen molar-refractivity contribution in [3.05, 3.63) is 16.9 Å². The molecule has 2 amide bonds. The fraction of sp³-hybridized carbons (Fsp3) is 0.611. The molecule has 0 unspecified atom stereocenters. The molecule has 25 heavy (non-hydrogen) atoms. The summed E-state index contributed by atoms with van der Waals surface area (Å²) in [5.74, 6) is 1.15. The van der Waals surface area contributed by atoms with Crippen molar-refractivity contribution in [3.63, 3.8) is 0 Å². The van der Waals surface area contributed by atoms with Crippen molar-refractivity contribution in [2.24, 2.45) is 5.92 Å². The van der Waals surface area contributed by atoms with Crippen LogP contribution in [0.15, 0.2) is 4.42 Å². The monoisotopic (exact) mass is 344 g/mol. The highest BCUT2D eigenvalue weighted by molar-refractivity contribution is 5.94. The number of amides is 2. The lowest BCUT2D eigenvalue weighted by Gasteiger charge is -2.37. The molecule has 1 aliphatic carbocycles. The van der Waals surface area contributed by atoms with E-state index in [1.54, 1.807) is 13.8 Å². The van der Waals surface area contributed by atoms with Crippen LogP contribution >= 0.6 is 0 Å². The van der Waals surface area contributed by atoms with Crippen LogP contribution in [0.25, 0.3) is 0 Å². The molecule has 7 nitrogen and oxygen atoms in total. The second-order valence-corrected chi connectivity index (χ2v) is 6.90. The largest absolute Gasteiger partial charge is 0.444 e. The highest BCUT2D eigenvalue weighted by Crippen LogP contribution is 2.31. The van der Waals surface area contributed by atoms with Crippen LogP contribution < -0.4 is 5.32 Å². The first-order chi connectivity index (χ1) is 11.9. The van der Waals surface area contributed by atoms with Gasteiger partial charge in [0.25, 0.3) is 0 Å². The normalized spacial score (nSPS) is 19.4. The van der Waals surface area contributed by atoms with Crippen LogP contribution in [0.5, 0.6) is 0 Å². The number of nitrogens with zero attached hydrogens (tertiary/aromatic N) is 3. The number of hydrogen-bond acceptors (Lipinski definition) is 5. The zero-order valence-corrected chi connectivity index (χ0v) is 15.0. The van der Waals surface area contributed by atoms with E-state index >= 15 is 0 Å². The predicted molar refractivity (Wildman–Crippen MR) is 91.9 cm³/mol. The van der Waals surface area contributed by atoms with Gasteiger partial charge >= 0.3 is 0 Å². The van der Waals surface area contributed by atoms with Crippen molar-refractivity contribution in [2.75, 3.05) is 31.5 Å². The first kappa shape index (κ1) is 17.5. The Bertz CT molecular complexity index is 721. The van der Waals surface area contributed by atoms with E-state index in [2.05, 4.69) is 16.3 Å². The molecule has 1 N–H and O–H groups in total. The molecule has 134 valence electrons. The molecule has 1 aliphatic heterocycles. The molecule has 2 fully saturated rings. The SMILES string of the molecule is Cc1oc(NC(=O)[C@@H](C)N2CCN(C(=O)C3CC3)CC2)c(C#N)c1C. The quantitative estimate of drug-likeness (QED) is 0.897. The zero-order valence-electron chi connectivity index (χ0n) is 15.0. The molecule has 7 heteroatoms. The lowest BCUT2D eigenvalue weighted by molar-refractivity contribution is -0.135. The van der Waals surface area contributed by atoms with Crippen LogP contribution in [-0.2, 0) is 9.59 Å². The zero-order chi connectivity index (χ0) is 18.1. The summed E-state index contributed by atoms with van der Waals surface area (Å²) in [5, 5.41) is 12.0. The lowest BCUT2D eigenvalue weighted by Crippen LogP contribution is -2.54. The smallest absolute Gasteiger partial charge is 0.243 e. The number of aryl methyl sites for hydroxylation is 1. The van der Waals surface area contributed by atoms with E-state index in [0.29, 0.717) is 37.5 Å². The first-order valence-corrected chi connectivity index (χ1v) is 8.76. The maximum Gasteiger partial charge on any atom is 0.243 e. The van der Waals surface area contributed by atoms with E-state index < -0.39 is 0 Å². The molecule has 0 spiro atoms. The number of anilines is 1. The molecular formula is C18H24N4O3. The molecule has 2 aliphatic rings. The lowest BCUT2D eigenvalue weighted by atomic mass is 10.1. The molecule has 1 saturated carbocycles. The highest BCUT2D eigenvalue weighted by Gasteiger charge is 2.35. The van der Waals surface area contributed by atoms with Crippen LogP contribution in [0.2, 0.25) is 0 Å². The molecule has 0 bridgehead atoms. The van der Waals surface area contributed by atoms with Crippen LogP contribution in [0.1, 0.15) is 36.7 Å². The summed E-state index contributed by atoms with van der Waals surface area (Å²) in [6, 6.07) is 1.73. The van der Waals surface area contributed by atoms with Crippen molar-refractivity contribution in [3.8, 4) is 6.07 Å². The van der Waals surface area contributed by atoms with E-state index in [4.69, 9.17) is 4.42 Å². The average Bonchev–Trinajstić information content (AvgIpc) is 3.42. The van der Waals surface area contributed by atoms with Crippen LogP contribution in [0.4, 0.5) is 5.88 Å². The Balaban J connectivity index is 1.57. The van der Waals surface area contributed by atoms with Gasteiger partial charge in [-0.25, -0.2) is 0 Å². The Morgan fingerprint density at radius 3 is 2.44 bits per heavy atom. The van der Waals surface area contributed by atoms with Crippen molar-refractivity contribution >= 4 is 17.7 Å². The second-order valence-electron chi connectivity index (χ2n) is 6.90. The van der Waals surface area contributed by atoms with Gasteiger partial charge in [0.05, 0.1) is 6.04 Å². The molecule has 0 aromatic carbocycles. The Morgan fingerprint density at radius 2 is 1.88 bits per heavy atom. The first-order valence-electron chi connectivity index (χ1n) is 8.76. The Kier molecular flexibility index (Phi) is 4.82. The fourth-order valence-corrected chi connectivity index (χ4v) is 3.15. The third kappa shape index (κ3) is 3.54. The number of piperazine rings is 1. The van der Waals surface area contributed by atoms with E-state index in [-0.39, 0.29) is 29.7 Å². The number of carbonyl (C=O) groups excluding carboxylic acids is 2. The molecule has 2 heterocycles. The van der Waals surface area contributed by atoms with Crippen molar-refractivity contribution in [2.45, 2.75) is 39.7 Å². The third-order valence-electron chi connectivity index (χ3n) is 5.21. The summed E-state index contributed by atoms with van der Waals surface area (Å²) in [6.45, 7) is 8.08. The molecule has 1 aromatic heterocycles. The van der Waals surface area contributed by atoms with Gasteiger partial charge in [-0.05, 0) is 33.6 Å². The second kappa shape index (κ2) is 6.89. The van der Waals surface area contributed by atoms with Crippen LogP contribution in [0.3, 0.4) is 0 Å². The number of furan rings is 1. The Hall–Kier alpha value is -2.33. The molecular weight excluding hydrogens is 320 g/mol. The summed E-state index contributed by atoms with van der Waals surface area (Å²) in [5.41, 5.74) is 1.12. The topological polar surface area (TPSA) is 89.6 Å². The number of nitrogens with one attached hydrogen (secondary N) is 1. The van der Waals surface area contributed by atoms with E-state index in [0.717, 1.165) is 18.4 Å². The predicted octanol–water partition coefficient (Wildman–Crippen LogP) is 1.65. The molecule has 1 atom stereocenters. The van der Waals surface area contributed by atoms with Crippen LogP contribution in [-0.4, -0.2) is 53.8 Å². The summed E-state index contributed by atoms with van der Waals surface area (Å²) in [4.78, 5) is 28.6. The number of hydrogen-bond donors (Lipinski definition) is 1. The number of rotatable bonds is 4. The summed E-state index contributed by atoms with van der Waals surface area (Å²) >= 11 is 0. The highest BCUT2D eigenvalue weighted by atomic mass is 16.4. The average molecular weight is 344 g/mol. The minimum atomic E-state index is -0.351. The van der Waals surface area contributed by atoms with E-state index in [9.17, 15) is 14.9 Å². The van der Waals surface area contributed by atoms with E-state index in [1.807, 2.05) is 11.8 Å². The van der Waals surface area contributed by atoms with Gasteiger partial charge in [-0.2, -0.15) is 5.26 Å². The van der Waals surface area contributed by atoms with Crippen LogP contribution in [0, 0.1) is 31.1 Å². The summed E-state index contributed by atoms with van der Waals surface area (Å²) in [7, 11) is 0. The Labute approximate surface area is 147 Å². The third-order valence-corrected chi connectivity index (χ3v) is 5.21. The number of carbonyl (C=O) groups is 2. The molecule has 0 radical (unpaired) electrons. The molecule has 1 aromatic rings.